The summed E-state index contributed by atoms with van der Waals surface area (Å²) in [6.07, 6.45) is 0.801. The monoisotopic (exact) mass is 537 g/mol. The van der Waals surface area contributed by atoms with Gasteiger partial charge in [0.15, 0.2) is 5.96 Å². The normalized spacial score (nSPS) is 13.9. The number of rotatable bonds is 7. The number of hydrogen-bond donors (Lipinski definition) is 3. The number of amides is 1. The molecule has 1 aliphatic rings. The summed E-state index contributed by atoms with van der Waals surface area (Å²) in [5.41, 5.74) is 4.27. The summed E-state index contributed by atoms with van der Waals surface area (Å²) >= 11 is 0. The van der Waals surface area contributed by atoms with Crippen LogP contribution < -0.4 is 20.9 Å². The number of guanidine groups is 1. The SMILES string of the molecule is CN=C(NCCc1cccc(C(=O)NC)c1)NCc1ccccc1N1CCOCC1.I. The highest BCUT2D eigenvalue weighted by molar-refractivity contribution is 14.0. The van der Waals surface area contributed by atoms with E-state index in [4.69, 9.17) is 4.74 Å². The smallest absolute Gasteiger partial charge is 0.251 e. The maximum Gasteiger partial charge on any atom is 0.251 e. The molecule has 0 saturated carbocycles. The van der Waals surface area contributed by atoms with Crippen LogP contribution in [0.1, 0.15) is 21.5 Å². The molecule has 2 aromatic carbocycles. The fraction of sp³-hybridized carbons (Fsp3) is 0.391. The van der Waals surface area contributed by atoms with Crippen molar-refractivity contribution in [3.63, 3.8) is 0 Å². The topological polar surface area (TPSA) is 78.0 Å². The minimum atomic E-state index is -0.0683. The van der Waals surface area contributed by atoms with Gasteiger partial charge in [0.2, 0.25) is 0 Å². The van der Waals surface area contributed by atoms with E-state index in [1.165, 1.54) is 11.3 Å². The Balaban J connectivity index is 0.00000341. The Bertz CT molecular complexity index is 869. The van der Waals surface area contributed by atoms with Crippen LogP contribution in [0.5, 0.6) is 0 Å². The molecular formula is C23H32IN5O2. The fourth-order valence-corrected chi connectivity index (χ4v) is 3.51. The van der Waals surface area contributed by atoms with E-state index < -0.39 is 0 Å². The maximum absolute atomic E-state index is 11.8. The number of anilines is 1. The number of ether oxygens (including phenoxy) is 1. The molecule has 1 heterocycles. The van der Waals surface area contributed by atoms with Crippen molar-refractivity contribution in [2.75, 3.05) is 51.8 Å². The average molecular weight is 537 g/mol. The first-order valence-corrected chi connectivity index (χ1v) is 10.4. The number of morpholine rings is 1. The lowest BCUT2D eigenvalue weighted by Crippen LogP contribution is -2.39. The molecule has 0 aromatic heterocycles. The Hall–Kier alpha value is -2.33. The van der Waals surface area contributed by atoms with E-state index in [9.17, 15) is 4.79 Å². The van der Waals surface area contributed by atoms with Crippen LogP contribution >= 0.6 is 24.0 Å². The van der Waals surface area contributed by atoms with Crippen molar-refractivity contribution < 1.29 is 9.53 Å². The van der Waals surface area contributed by atoms with E-state index in [2.05, 4.69) is 50.1 Å². The number of aliphatic imine (C=N–C) groups is 1. The first kappa shape index (κ1) is 24.9. The highest BCUT2D eigenvalue weighted by atomic mass is 127. The summed E-state index contributed by atoms with van der Waals surface area (Å²) in [4.78, 5) is 18.5. The molecule has 168 valence electrons. The lowest BCUT2D eigenvalue weighted by atomic mass is 10.1. The lowest BCUT2D eigenvalue weighted by molar-refractivity contribution is 0.0963. The Morgan fingerprint density at radius 3 is 2.61 bits per heavy atom. The van der Waals surface area contributed by atoms with Crippen molar-refractivity contribution in [2.24, 2.45) is 4.99 Å². The van der Waals surface area contributed by atoms with Crippen LogP contribution in [0.2, 0.25) is 0 Å². The predicted octanol–water partition coefficient (Wildman–Crippen LogP) is 2.41. The van der Waals surface area contributed by atoms with Gasteiger partial charge in [-0.15, -0.1) is 24.0 Å². The number of nitrogens with zero attached hydrogens (tertiary/aromatic N) is 2. The van der Waals surface area contributed by atoms with Gasteiger partial charge >= 0.3 is 0 Å². The van der Waals surface area contributed by atoms with Gasteiger partial charge in [-0.2, -0.15) is 0 Å². The molecule has 0 bridgehead atoms. The van der Waals surface area contributed by atoms with Crippen LogP contribution in [-0.4, -0.2) is 58.8 Å². The van der Waals surface area contributed by atoms with Gasteiger partial charge in [0, 0.05) is 51.5 Å². The van der Waals surface area contributed by atoms with Crippen LogP contribution in [0.15, 0.2) is 53.5 Å². The van der Waals surface area contributed by atoms with E-state index in [1.54, 1.807) is 14.1 Å². The van der Waals surface area contributed by atoms with Gasteiger partial charge in [-0.1, -0.05) is 30.3 Å². The van der Waals surface area contributed by atoms with Crippen LogP contribution in [-0.2, 0) is 17.7 Å². The lowest BCUT2D eigenvalue weighted by Gasteiger charge is -2.30. The molecule has 0 radical (unpaired) electrons. The molecule has 2 aromatic rings. The number of halogens is 1. The molecule has 3 rings (SSSR count). The largest absolute Gasteiger partial charge is 0.378 e. The summed E-state index contributed by atoms with van der Waals surface area (Å²) < 4.78 is 5.48. The quantitative estimate of drug-likeness (QED) is 0.288. The zero-order valence-electron chi connectivity index (χ0n) is 18.2. The van der Waals surface area contributed by atoms with E-state index in [0.717, 1.165) is 50.8 Å². The van der Waals surface area contributed by atoms with Crippen LogP contribution in [0.25, 0.3) is 0 Å². The molecule has 0 spiro atoms. The Kier molecular flexibility index (Phi) is 10.6. The third-order valence-corrected chi connectivity index (χ3v) is 5.14. The van der Waals surface area contributed by atoms with E-state index in [-0.39, 0.29) is 29.9 Å². The molecule has 1 fully saturated rings. The summed E-state index contributed by atoms with van der Waals surface area (Å²) in [5, 5.41) is 9.42. The first-order valence-electron chi connectivity index (χ1n) is 10.4. The molecule has 31 heavy (non-hydrogen) atoms. The minimum Gasteiger partial charge on any atom is -0.378 e. The molecule has 1 aliphatic heterocycles. The molecule has 8 heteroatoms. The zero-order chi connectivity index (χ0) is 21.2. The number of carbonyl (C=O) groups excluding carboxylic acids is 1. The van der Waals surface area contributed by atoms with Gasteiger partial charge in [0.1, 0.15) is 0 Å². The van der Waals surface area contributed by atoms with E-state index in [0.29, 0.717) is 12.1 Å². The van der Waals surface area contributed by atoms with Crippen LogP contribution in [0.3, 0.4) is 0 Å². The van der Waals surface area contributed by atoms with Crippen molar-refractivity contribution in [2.45, 2.75) is 13.0 Å². The summed E-state index contributed by atoms with van der Waals surface area (Å²) in [5.74, 6) is 0.690. The molecule has 7 nitrogen and oxygen atoms in total. The number of benzene rings is 2. The highest BCUT2D eigenvalue weighted by Gasteiger charge is 2.14. The van der Waals surface area contributed by atoms with Gasteiger partial charge in [0.25, 0.3) is 5.91 Å². The number of carbonyl (C=O) groups is 1. The second-order valence-electron chi connectivity index (χ2n) is 7.11. The number of hydrogen-bond acceptors (Lipinski definition) is 4. The highest BCUT2D eigenvalue weighted by Crippen LogP contribution is 2.21. The van der Waals surface area contributed by atoms with Gasteiger partial charge in [-0.05, 0) is 35.7 Å². The molecule has 1 amide bonds. The Labute approximate surface area is 201 Å². The summed E-state index contributed by atoms with van der Waals surface area (Å²) in [6, 6.07) is 16.1. The fourth-order valence-electron chi connectivity index (χ4n) is 3.51. The average Bonchev–Trinajstić information content (AvgIpc) is 2.81. The summed E-state index contributed by atoms with van der Waals surface area (Å²) in [7, 11) is 3.42. The standard InChI is InChI=1S/C23H31N5O2.HI/c1-24-22(29)19-8-5-6-18(16-19)10-11-26-23(25-2)27-17-20-7-3-4-9-21(20)28-12-14-30-15-13-28;/h3-9,16H,10-15,17H2,1-2H3,(H,24,29)(H2,25,26,27);1H. The van der Waals surface area contributed by atoms with Gasteiger partial charge in [-0.25, -0.2) is 0 Å². The third-order valence-electron chi connectivity index (χ3n) is 5.14. The first-order chi connectivity index (χ1) is 14.7. The van der Waals surface area contributed by atoms with Crippen molar-refractivity contribution in [1.82, 2.24) is 16.0 Å². The third kappa shape index (κ3) is 7.39. The predicted molar refractivity (Wildman–Crippen MR) is 137 cm³/mol. The van der Waals surface area contributed by atoms with E-state index in [1.807, 2.05) is 24.3 Å². The van der Waals surface area contributed by atoms with E-state index >= 15 is 0 Å². The van der Waals surface area contributed by atoms with Crippen LogP contribution in [0, 0.1) is 0 Å². The van der Waals surface area contributed by atoms with Crippen molar-refractivity contribution in [3.05, 3.63) is 65.2 Å². The van der Waals surface area contributed by atoms with Crippen molar-refractivity contribution >= 4 is 41.5 Å². The maximum atomic E-state index is 11.8. The van der Waals surface area contributed by atoms with Gasteiger partial charge < -0.3 is 25.6 Å². The number of nitrogens with one attached hydrogen (secondary N) is 3. The Morgan fingerprint density at radius 1 is 1.10 bits per heavy atom. The Morgan fingerprint density at radius 2 is 1.87 bits per heavy atom. The molecule has 0 aliphatic carbocycles. The van der Waals surface area contributed by atoms with Crippen molar-refractivity contribution in [3.8, 4) is 0 Å². The van der Waals surface area contributed by atoms with Gasteiger partial charge in [0.05, 0.1) is 13.2 Å². The molecule has 0 atom stereocenters. The van der Waals surface area contributed by atoms with Crippen LogP contribution in [0.4, 0.5) is 5.69 Å². The second-order valence-corrected chi connectivity index (χ2v) is 7.11. The zero-order valence-corrected chi connectivity index (χ0v) is 20.5. The van der Waals surface area contributed by atoms with Gasteiger partial charge in [-0.3, -0.25) is 9.79 Å². The minimum absolute atomic E-state index is 0. The summed E-state index contributed by atoms with van der Waals surface area (Å²) in [6.45, 7) is 4.79. The molecule has 0 unspecified atom stereocenters. The second kappa shape index (κ2) is 13.2. The van der Waals surface area contributed by atoms with Crippen molar-refractivity contribution in [1.29, 1.82) is 0 Å². The molecule has 1 saturated heterocycles. The molecule has 3 N–H and O–H groups in total. The number of para-hydroxylation sites is 1. The molecular weight excluding hydrogens is 505 g/mol.